The number of carbonyl (C=O) groups excluding carboxylic acids is 1. The largest absolute Gasteiger partial charge is 0.462 e. The Balaban J connectivity index is 1.91. The highest BCUT2D eigenvalue weighted by molar-refractivity contribution is 5.70. The third kappa shape index (κ3) is 1.19. The van der Waals surface area contributed by atoms with Gasteiger partial charge in [0.25, 0.3) is 0 Å². The highest BCUT2D eigenvalue weighted by atomic mass is 16.5. The summed E-state index contributed by atoms with van der Waals surface area (Å²) in [6.07, 6.45) is 9.85. The lowest BCUT2D eigenvalue weighted by Gasteiger charge is -2.39. The number of fused-ring (bicyclic) bond motifs is 1. The van der Waals surface area contributed by atoms with Gasteiger partial charge in [-0.05, 0) is 44.4 Å². The monoisotopic (exact) mass is 194 g/mol. The predicted molar refractivity (Wildman–Crippen MR) is 52.7 cm³/mol. The molecule has 2 saturated carbocycles. The first kappa shape index (κ1) is 8.75. The van der Waals surface area contributed by atoms with Crippen molar-refractivity contribution in [3.05, 3.63) is 0 Å². The highest BCUT2D eigenvalue weighted by Crippen LogP contribution is 2.54. The summed E-state index contributed by atoms with van der Waals surface area (Å²) in [5.41, 5.74) is 0.412. The zero-order valence-electron chi connectivity index (χ0n) is 8.63. The lowest BCUT2D eigenvalue weighted by Crippen LogP contribution is -2.38. The molecule has 0 aromatic carbocycles. The molecule has 3 atom stereocenters. The van der Waals surface area contributed by atoms with Crippen LogP contribution in [0.4, 0.5) is 0 Å². The first-order valence-corrected chi connectivity index (χ1v) is 5.98. The van der Waals surface area contributed by atoms with Crippen LogP contribution in [-0.4, -0.2) is 12.1 Å². The third-order valence-corrected chi connectivity index (χ3v) is 4.55. The molecule has 1 unspecified atom stereocenters. The van der Waals surface area contributed by atoms with E-state index in [4.69, 9.17) is 4.74 Å². The van der Waals surface area contributed by atoms with Crippen LogP contribution in [0.25, 0.3) is 0 Å². The molecule has 0 N–H and O–H groups in total. The van der Waals surface area contributed by atoms with Crippen molar-refractivity contribution in [2.24, 2.45) is 11.3 Å². The second-order valence-corrected chi connectivity index (χ2v) is 5.40. The maximum atomic E-state index is 11.5. The Hall–Kier alpha value is -0.530. The van der Waals surface area contributed by atoms with Gasteiger partial charge in [0.1, 0.15) is 6.10 Å². The van der Waals surface area contributed by atoms with Gasteiger partial charge in [-0.3, -0.25) is 4.79 Å². The summed E-state index contributed by atoms with van der Waals surface area (Å²) in [6, 6.07) is 0. The van der Waals surface area contributed by atoms with Gasteiger partial charge in [-0.1, -0.05) is 6.42 Å². The first-order valence-electron chi connectivity index (χ1n) is 5.98. The SMILES string of the molecule is O=C1C[C@@H]2CC[C@@]3(CCCCC3O1)C2. The minimum Gasteiger partial charge on any atom is -0.462 e. The van der Waals surface area contributed by atoms with Crippen LogP contribution >= 0.6 is 0 Å². The molecule has 14 heavy (non-hydrogen) atoms. The van der Waals surface area contributed by atoms with Crippen molar-refractivity contribution >= 4 is 5.97 Å². The Labute approximate surface area is 85.0 Å². The Kier molecular flexibility index (Phi) is 1.86. The van der Waals surface area contributed by atoms with Crippen molar-refractivity contribution in [2.75, 3.05) is 0 Å². The molecule has 78 valence electrons. The molecule has 0 aromatic heterocycles. The zero-order chi connectivity index (χ0) is 9.60. The standard InChI is InChI=1S/C12H18O2/c13-11-7-9-4-6-12(8-9)5-2-1-3-10(12)14-11/h9-10H,1-8H2/t9-,10?,12-/m0/s1. The van der Waals surface area contributed by atoms with Gasteiger partial charge >= 0.3 is 5.97 Å². The van der Waals surface area contributed by atoms with Gasteiger partial charge in [0.15, 0.2) is 0 Å². The molecule has 2 aliphatic carbocycles. The van der Waals surface area contributed by atoms with Crippen LogP contribution in [0.2, 0.25) is 0 Å². The van der Waals surface area contributed by atoms with E-state index in [0.717, 1.165) is 6.42 Å². The Morgan fingerprint density at radius 2 is 2.14 bits per heavy atom. The molecule has 0 aromatic rings. The number of hydrogen-bond donors (Lipinski definition) is 0. The molecule has 3 fully saturated rings. The van der Waals surface area contributed by atoms with Crippen LogP contribution in [0.3, 0.4) is 0 Å². The summed E-state index contributed by atoms with van der Waals surface area (Å²) in [5.74, 6) is 0.717. The van der Waals surface area contributed by atoms with E-state index in [9.17, 15) is 4.79 Å². The quantitative estimate of drug-likeness (QED) is 0.554. The minimum atomic E-state index is 0.0727. The minimum absolute atomic E-state index is 0.0727. The van der Waals surface area contributed by atoms with E-state index in [0.29, 0.717) is 17.8 Å². The summed E-state index contributed by atoms with van der Waals surface area (Å²) >= 11 is 0. The Morgan fingerprint density at radius 1 is 1.21 bits per heavy atom. The van der Waals surface area contributed by atoms with Gasteiger partial charge in [-0.15, -0.1) is 0 Å². The fraction of sp³-hybridized carbons (Fsp3) is 0.917. The van der Waals surface area contributed by atoms with E-state index < -0.39 is 0 Å². The number of carbonyl (C=O) groups is 1. The summed E-state index contributed by atoms with van der Waals surface area (Å²) in [4.78, 5) is 11.5. The van der Waals surface area contributed by atoms with Gasteiger partial charge in [0.2, 0.25) is 0 Å². The predicted octanol–water partition coefficient (Wildman–Crippen LogP) is 2.66. The molecule has 3 aliphatic rings. The molecular formula is C12H18O2. The van der Waals surface area contributed by atoms with E-state index in [1.807, 2.05) is 0 Å². The number of hydrogen-bond acceptors (Lipinski definition) is 2. The smallest absolute Gasteiger partial charge is 0.306 e. The molecule has 0 amide bonds. The number of ether oxygens (including phenoxy) is 1. The lowest BCUT2D eigenvalue weighted by atomic mass is 9.70. The second kappa shape index (κ2) is 2.98. The molecular weight excluding hydrogens is 176 g/mol. The molecule has 2 heteroatoms. The van der Waals surface area contributed by atoms with Crippen molar-refractivity contribution < 1.29 is 9.53 Å². The molecule has 1 aliphatic heterocycles. The number of rotatable bonds is 0. The summed E-state index contributed by atoms with van der Waals surface area (Å²) in [6.45, 7) is 0. The molecule has 2 bridgehead atoms. The van der Waals surface area contributed by atoms with Crippen molar-refractivity contribution in [3.63, 3.8) is 0 Å². The van der Waals surface area contributed by atoms with E-state index in [1.54, 1.807) is 0 Å². The van der Waals surface area contributed by atoms with E-state index in [1.165, 1.54) is 38.5 Å². The third-order valence-electron chi connectivity index (χ3n) is 4.55. The van der Waals surface area contributed by atoms with Crippen LogP contribution in [0.1, 0.15) is 51.4 Å². The fourth-order valence-electron chi connectivity index (χ4n) is 3.86. The lowest BCUT2D eigenvalue weighted by molar-refractivity contribution is -0.157. The van der Waals surface area contributed by atoms with Crippen molar-refractivity contribution in [1.29, 1.82) is 0 Å². The van der Waals surface area contributed by atoms with E-state index >= 15 is 0 Å². The van der Waals surface area contributed by atoms with Crippen LogP contribution < -0.4 is 0 Å². The van der Waals surface area contributed by atoms with Gasteiger partial charge in [0.05, 0.1) is 0 Å². The summed E-state index contributed by atoms with van der Waals surface area (Å²) in [5, 5.41) is 0. The maximum absolute atomic E-state index is 11.5. The van der Waals surface area contributed by atoms with Crippen molar-refractivity contribution in [2.45, 2.75) is 57.5 Å². The van der Waals surface area contributed by atoms with Gasteiger partial charge in [-0.2, -0.15) is 0 Å². The summed E-state index contributed by atoms with van der Waals surface area (Å²) < 4.78 is 5.60. The Bertz CT molecular complexity index is 257. The normalized spacial score (nSPS) is 46.7. The van der Waals surface area contributed by atoms with Gasteiger partial charge < -0.3 is 4.74 Å². The van der Waals surface area contributed by atoms with Crippen LogP contribution in [0, 0.1) is 11.3 Å². The van der Waals surface area contributed by atoms with Gasteiger partial charge in [-0.25, -0.2) is 0 Å². The molecule has 0 radical (unpaired) electrons. The number of esters is 1. The zero-order valence-corrected chi connectivity index (χ0v) is 8.63. The van der Waals surface area contributed by atoms with Crippen LogP contribution in [0.15, 0.2) is 0 Å². The molecule has 2 nitrogen and oxygen atoms in total. The highest BCUT2D eigenvalue weighted by Gasteiger charge is 2.50. The molecule has 1 spiro atoms. The van der Waals surface area contributed by atoms with Gasteiger partial charge in [0, 0.05) is 11.8 Å². The van der Waals surface area contributed by atoms with Crippen LogP contribution in [0.5, 0.6) is 0 Å². The Morgan fingerprint density at radius 3 is 3.07 bits per heavy atom. The van der Waals surface area contributed by atoms with Crippen molar-refractivity contribution in [3.8, 4) is 0 Å². The van der Waals surface area contributed by atoms with E-state index in [2.05, 4.69) is 0 Å². The van der Waals surface area contributed by atoms with Crippen LogP contribution in [-0.2, 0) is 9.53 Å². The second-order valence-electron chi connectivity index (χ2n) is 5.40. The summed E-state index contributed by atoms with van der Waals surface area (Å²) in [7, 11) is 0. The average molecular weight is 194 g/mol. The molecule has 1 heterocycles. The molecule has 3 rings (SSSR count). The van der Waals surface area contributed by atoms with E-state index in [-0.39, 0.29) is 12.1 Å². The fourth-order valence-corrected chi connectivity index (χ4v) is 3.86. The maximum Gasteiger partial charge on any atom is 0.306 e. The first-order chi connectivity index (χ1) is 6.78. The van der Waals surface area contributed by atoms with Crippen molar-refractivity contribution in [1.82, 2.24) is 0 Å². The molecule has 1 saturated heterocycles. The topological polar surface area (TPSA) is 26.3 Å². The average Bonchev–Trinajstić information content (AvgIpc) is 2.45.